The molecule has 0 unspecified atom stereocenters. The van der Waals surface area contributed by atoms with Crippen LogP contribution in [0.25, 0.3) is 10.9 Å². The van der Waals surface area contributed by atoms with Crippen LogP contribution < -0.4 is 15.0 Å². The summed E-state index contributed by atoms with van der Waals surface area (Å²) >= 11 is 3.31. The largest absolute Gasteiger partial charge is 0.490 e. The molecule has 0 spiro atoms. The first-order chi connectivity index (χ1) is 21.2. The van der Waals surface area contributed by atoms with E-state index in [-0.39, 0.29) is 29.2 Å². The molecule has 1 atom stereocenters. The Bertz CT molecular complexity index is 1840. The highest BCUT2D eigenvalue weighted by molar-refractivity contribution is 9.10. The quantitative estimate of drug-likeness (QED) is 0.266. The molecular formula is C30H29BrFN5O6S. The number of fused-ring (bicyclic) bond motifs is 3. The van der Waals surface area contributed by atoms with Crippen LogP contribution in [-0.2, 0) is 38.9 Å². The molecule has 6 rings (SSSR count). The SMILES string of the molecule is COCCOc1cnc2c(c1)CCCN2c1ccc2cnc(CNC(=O)c3cc(Br)c4c(c3)S(=O)(=O)[C@@H](F)COC4)cc2n1. The van der Waals surface area contributed by atoms with E-state index in [0.717, 1.165) is 42.0 Å². The number of nitrogens with zero attached hydrogens (tertiary/aromatic N) is 4. The first kappa shape index (κ1) is 30.3. The van der Waals surface area contributed by atoms with Crippen LogP contribution in [0.3, 0.4) is 0 Å². The molecule has 230 valence electrons. The minimum Gasteiger partial charge on any atom is -0.490 e. The zero-order valence-corrected chi connectivity index (χ0v) is 26.2. The predicted octanol–water partition coefficient (Wildman–Crippen LogP) is 4.43. The molecule has 0 bridgehead atoms. The van der Waals surface area contributed by atoms with Crippen LogP contribution in [-0.4, -0.2) is 68.3 Å². The maximum atomic E-state index is 14.3. The third-order valence-corrected chi connectivity index (χ3v) is 9.93. The van der Waals surface area contributed by atoms with E-state index >= 15 is 0 Å². The van der Waals surface area contributed by atoms with Gasteiger partial charge < -0.3 is 24.4 Å². The Morgan fingerprint density at radius 1 is 1.18 bits per heavy atom. The Labute approximate surface area is 261 Å². The smallest absolute Gasteiger partial charge is 0.251 e. The van der Waals surface area contributed by atoms with E-state index in [1.165, 1.54) is 12.1 Å². The second kappa shape index (κ2) is 12.7. The number of amides is 1. The lowest BCUT2D eigenvalue weighted by atomic mass is 10.1. The van der Waals surface area contributed by atoms with E-state index in [4.69, 9.17) is 19.2 Å². The zero-order valence-electron chi connectivity index (χ0n) is 23.8. The number of methoxy groups -OCH3 is 1. The summed E-state index contributed by atoms with van der Waals surface area (Å²) < 4.78 is 56.0. The number of carbonyl (C=O) groups is 1. The first-order valence-electron chi connectivity index (χ1n) is 13.9. The highest BCUT2D eigenvalue weighted by atomic mass is 79.9. The lowest BCUT2D eigenvalue weighted by molar-refractivity contribution is 0.0946. The van der Waals surface area contributed by atoms with E-state index in [9.17, 15) is 17.6 Å². The molecule has 14 heteroatoms. The van der Waals surface area contributed by atoms with Crippen molar-refractivity contribution in [2.45, 2.75) is 36.4 Å². The number of alkyl halides is 1. The highest BCUT2D eigenvalue weighted by Gasteiger charge is 2.34. The molecule has 1 aromatic carbocycles. The van der Waals surface area contributed by atoms with Gasteiger partial charge in [0.25, 0.3) is 5.91 Å². The number of hydrogen-bond donors (Lipinski definition) is 1. The van der Waals surface area contributed by atoms with Gasteiger partial charge in [0.15, 0.2) is 0 Å². The van der Waals surface area contributed by atoms with Crippen LogP contribution in [0, 0.1) is 0 Å². The van der Waals surface area contributed by atoms with Crippen molar-refractivity contribution < 1.29 is 31.8 Å². The minimum absolute atomic E-state index is 0.0664. The van der Waals surface area contributed by atoms with Gasteiger partial charge in [0.2, 0.25) is 15.3 Å². The first-order valence-corrected chi connectivity index (χ1v) is 16.3. The molecule has 2 aliphatic heterocycles. The Balaban J connectivity index is 1.20. The van der Waals surface area contributed by atoms with Crippen molar-refractivity contribution in [2.24, 2.45) is 0 Å². The Morgan fingerprint density at radius 2 is 2.05 bits per heavy atom. The Kier molecular flexibility index (Phi) is 8.76. The van der Waals surface area contributed by atoms with Crippen molar-refractivity contribution in [2.75, 3.05) is 38.4 Å². The van der Waals surface area contributed by atoms with Gasteiger partial charge in [0, 0.05) is 40.8 Å². The molecule has 44 heavy (non-hydrogen) atoms. The standard InChI is InChI=1S/C30H29BrFN5O6S/c1-41-7-8-43-22-9-18-3-2-6-37(29(18)34-15-22)28-5-4-19-13-33-21(12-25(19)36-28)14-35-30(38)20-10-24(31)23-16-42-17-27(32)44(39,40)26(23)11-20/h4-5,9-13,15,27H,2-3,6-8,14,16-17H2,1H3,(H,35,38)/t27-/m1/s1. The second-order valence-electron chi connectivity index (χ2n) is 10.4. The Morgan fingerprint density at radius 3 is 2.89 bits per heavy atom. The highest BCUT2D eigenvalue weighted by Crippen LogP contribution is 2.34. The normalized spacial score (nSPS) is 17.4. The van der Waals surface area contributed by atoms with Crippen molar-refractivity contribution in [1.82, 2.24) is 20.3 Å². The van der Waals surface area contributed by atoms with Crippen molar-refractivity contribution in [3.05, 3.63) is 75.6 Å². The average Bonchev–Trinajstić information content (AvgIpc) is 3.14. The van der Waals surface area contributed by atoms with Gasteiger partial charge in [-0.05, 0) is 54.8 Å². The van der Waals surface area contributed by atoms with Gasteiger partial charge in [-0.3, -0.25) is 9.78 Å². The van der Waals surface area contributed by atoms with Gasteiger partial charge in [-0.1, -0.05) is 15.9 Å². The average molecular weight is 687 g/mol. The lowest BCUT2D eigenvalue weighted by Crippen LogP contribution is -2.26. The van der Waals surface area contributed by atoms with Crippen LogP contribution in [0.5, 0.6) is 5.75 Å². The number of aryl methyl sites for hydroxylation is 1. The summed E-state index contributed by atoms with van der Waals surface area (Å²) in [6.07, 6.45) is 5.21. The van der Waals surface area contributed by atoms with E-state index in [1.807, 2.05) is 18.2 Å². The number of halogens is 2. The monoisotopic (exact) mass is 685 g/mol. The Hall–Kier alpha value is -3.72. The van der Waals surface area contributed by atoms with Crippen LogP contribution in [0.4, 0.5) is 16.0 Å². The summed E-state index contributed by atoms with van der Waals surface area (Å²) in [5.74, 6) is 1.75. The molecule has 2 aliphatic rings. The van der Waals surface area contributed by atoms with Gasteiger partial charge in [-0.15, -0.1) is 0 Å². The molecule has 5 heterocycles. The molecule has 0 fully saturated rings. The molecule has 0 saturated heterocycles. The number of nitrogens with one attached hydrogen (secondary N) is 1. The molecule has 0 saturated carbocycles. The van der Waals surface area contributed by atoms with Gasteiger partial charge in [-0.25, -0.2) is 22.8 Å². The molecule has 4 aromatic rings. The summed E-state index contributed by atoms with van der Waals surface area (Å²) in [4.78, 5) is 28.9. The number of ether oxygens (including phenoxy) is 3. The fourth-order valence-electron chi connectivity index (χ4n) is 5.17. The maximum Gasteiger partial charge on any atom is 0.251 e. The molecule has 1 N–H and O–H groups in total. The second-order valence-corrected chi connectivity index (χ2v) is 13.3. The van der Waals surface area contributed by atoms with Crippen molar-refractivity contribution in [1.29, 1.82) is 0 Å². The van der Waals surface area contributed by atoms with E-state index in [1.54, 1.807) is 25.6 Å². The molecule has 0 aliphatic carbocycles. The number of sulfone groups is 1. The van der Waals surface area contributed by atoms with E-state index in [0.29, 0.717) is 34.6 Å². The fourth-order valence-corrected chi connectivity index (χ4v) is 7.23. The third kappa shape index (κ3) is 6.11. The number of aromatic nitrogens is 3. The number of benzene rings is 1. The number of hydrogen-bond acceptors (Lipinski definition) is 10. The molecule has 1 amide bonds. The van der Waals surface area contributed by atoms with Gasteiger partial charge in [0.1, 0.15) is 24.0 Å². The van der Waals surface area contributed by atoms with E-state index in [2.05, 4.69) is 36.1 Å². The molecule has 11 nitrogen and oxygen atoms in total. The maximum absolute atomic E-state index is 14.3. The summed E-state index contributed by atoms with van der Waals surface area (Å²) in [7, 11) is -2.68. The summed E-state index contributed by atoms with van der Waals surface area (Å²) in [5, 5.41) is 3.60. The van der Waals surface area contributed by atoms with Gasteiger partial charge in [0.05, 0.1) is 48.7 Å². The molecular weight excluding hydrogens is 657 g/mol. The predicted molar refractivity (Wildman–Crippen MR) is 164 cm³/mol. The molecule has 0 radical (unpaired) electrons. The fraction of sp³-hybridized carbons (Fsp3) is 0.333. The molecule has 3 aromatic heterocycles. The summed E-state index contributed by atoms with van der Waals surface area (Å²) in [6, 6.07) is 10.4. The number of carbonyl (C=O) groups excluding carboxylic acids is 1. The van der Waals surface area contributed by atoms with Crippen molar-refractivity contribution in [3.8, 4) is 5.75 Å². The summed E-state index contributed by atoms with van der Waals surface area (Å²) in [6.45, 7) is 1.12. The van der Waals surface area contributed by atoms with Crippen LogP contribution in [0.2, 0.25) is 0 Å². The third-order valence-electron chi connectivity index (χ3n) is 7.43. The number of anilines is 2. The van der Waals surface area contributed by atoms with Crippen molar-refractivity contribution >= 4 is 54.2 Å². The van der Waals surface area contributed by atoms with Gasteiger partial charge >= 0.3 is 0 Å². The lowest BCUT2D eigenvalue weighted by Gasteiger charge is -2.29. The van der Waals surface area contributed by atoms with Crippen LogP contribution in [0.15, 0.2) is 58.2 Å². The topological polar surface area (TPSA) is 133 Å². The number of rotatable bonds is 8. The minimum atomic E-state index is -4.31. The number of pyridine rings is 3. The van der Waals surface area contributed by atoms with E-state index < -0.39 is 27.9 Å². The summed E-state index contributed by atoms with van der Waals surface area (Å²) in [5.41, 5.74) is 0.475. The van der Waals surface area contributed by atoms with Crippen molar-refractivity contribution in [3.63, 3.8) is 0 Å². The van der Waals surface area contributed by atoms with Crippen LogP contribution >= 0.6 is 15.9 Å². The zero-order chi connectivity index (χ0) is 30.8. The van der Waals surface area contributed by atoms with Crippen LogP contribution in [0.1, 0.15) is 33.6 Å². The van der Waals surface area contributed by atoms with Gasteiger partial charge in [-0.2, -0.15) is 0 Å².